The molecule has 1 N–H and O–H groups in total. The van der Waals surface area contributed by atoms with Crippen molar-refractivity contribution in [2.75, 3.05) is 23.9 Å². The molecule has 1 amide bonds. The van der Waals surface area contributed by atoms with Gasteiger partial charge in [0.05, 0.1) is 18.7 Å². The first-order chi connectivity index (χ1) is 15.3. The molecular weight excluding hydrogens is 404 g/mol. The van der Waals surface area contributed by atoms with Crippen LogP contribution >= 0.6 is 0 Å². The van der Waals surface area contributed by atoms with E-state index in [2.05, 4.69) is 35.6 Å². The van der Waals surface area contributed by atoms with Gasteiger partial charge in [-0.15, -0.1) is 0 Å². The predicted octanol–water partition coefficient (Wildman–Crippen LogP) is 5.26. The highest BCUT2D eigenvalue weighted by molar-refractivity contribution is 5.90. The maximum atomic E-state index is 12.9. The molecule has 6 heteroatoms. The summed E-state index contributed by atoms with van der Waals surface area (Å²) in [4.78, 5) is 26.3. The molecule has 32 heavy (non-hydrogen) atoms. The van der Waals surface area contributed by atoms with Crippen LogP contribution in [-0.2, 0) is 27.2 Å². The largest absolute Gasteiger partial charge is 0.469 e. The standard InChI is InChI=1S/C26H32N2O4/c1-26(2,3)32-25(30)28-14-6-9-18-7-5-8-19(23(18)28)16-27-20-12-10-17(11-13-20)21-15-22(21)24(29)31-4/h5,7-8,10-13,21-22,27H,6,9,14-16H2,1-4H3/t21-,22+/m0/s1. The predicted molar refractivity (Wildman–Crippen MR) is 125 cm³/mol. The van der Waals surface area contributed by atoms with Crippen molar-refractivity contribution >= 4 is 23.4 Å². The molecular formula is C26H32N2O4. The summed E-state index contributed by atoms with van der Waals surface area (Å²) in [6, 6.07) is 14.4. The number of nitrogens with zero attached hydrogens (tertiary/aromatic N) is 1. The molecule has 1 saturated carbocycles. The Hall–Kier alpha value is -3.02. The number of esters is 1. The van der Waals surface area contributed by atoms with Gasteiger partial charge in [0.25, 0.3) is 0 Å². The summed E-state index contributed by atoms with van der Waals surface area (Å²) < 4.78 is 10.5. The van der Waals surface area contributed by atoms with Crippen LogP contribution in [0.4, 0.5) is 16.2 Å². The Kier molecular flexibility index (Phi) is 6.13. The molecule has 0 spiro atoms. The molecule has 4 rings (SSSR count). The number of aryl methyl sites for hydroxylation is 1. The summed E-state index contributed by atoms with van der Waals surface area (Å²) in [5.41, 5.74) is 4.86. The minimum absolute atomic E-state index is 0.00603. The second-order valence-corrected chi connectivity index (χ2v) is 9.61. The highest BCUT2D eigenvalue weighted by Gasteiger charge is 2.44. The van der Waals surface area contributed by atoms with Gasteiger partial charge >= 0.3 is 12.1 Å². The Balaban J connectivity index is 1.45. The monoisotopic (exact) mass is 436 g/mol. The summed E-state index contributed by atoms with van der Waals surface area (Å²) in [6.45, 7) is 6.94. The number of amides is 1. The van der Waals surface area contributed by atoms with E-state index in [1.165, 1.54) is 18.2 Å². The van der Waals surface area contributed by atoms with Crippen LogP contribution in [-0.4, -0.2) is 31.3 Å². The van der Waals surface area contributed by atoms with E-state index in [1.807, 2.05) is 32.9 Å². The first-order valence-corrected chi connectivity index (χ1v) is 11.3. The molecule has 1 aliphatic heterocycles. The molecule has 6 nitrogen and oxygen atoms in total. The maximum absolute atomic E-state index is 12.9. The third kappa shape index (κ3) is 4.90. The topological polar surface area (TPSA) is 67.9 Å². The van der Waals surface area contributed by atoms with Crippen LogP contribution in [0.25, 0.3) is 0 Å². The average Bonchev–Trinajstić information content (AvgIpc) is 3.57. The van der Waals surface area contributed by atoms with E-state index in [0.29, 0.717) is 13.1 Å². The fourth-order valence-electron chi connectivity index (χ4n) is 4.40. The van der Waals surface area contributed by atoms with E-state index in [9.17, 15) is 9.59 Å². The van der Waals surface area contributed by atoms with Gasteiger partial charge in [-0.3, -0.25) is 9.69 Å². The quantitative estimate of drug-likeness (QED) is 0.648. The van der Waals surface area contributed by atoms with Crippen LogP contribution in [0.5, 0.6) is 0 Å². The van der Waals surface area contributed by atoms with Gasteiger partial charge in [-0.05, 0) is 74.8 Å². The molecule has 0 aromatic heterocycles. The van der Waals surface area contributed by atoms with Crippen molar-refractivity contribution in [3.8, 4) is 0 Å². The Morgan fingerprint density at radius 3 is 2.56 bits per heavy atom. The lowest BCUT2D eigenvalue weighted by Gasteiger charge is -2.33. The minimum Gasteiger partial charge on any atom is -0.469 e. The lowest BCUT2D eigenvalue weighted by Crippen LogP contribution is -2.40. The molecule has 0 radical (unpaired) electrons. The highest BCUT2D eigenvalue weighted by atomic mass is 16.6. The van der Waals surface area contributed by atoms with Gasteiger partial charge in [0.2, 0.25) is 0 Å². The molecule has 2 aromatic carbocycles. The van der Waals surface area contributed by atoms with Gasteiger partial charge in [0.1, 0.15) is 5.60 Å². The van der Waals surface area contributed by atoms with Gasteiger partial charge in [0.15, 0.2) is 0 Å². The number of para-hydroxylation sites is 1. The molecule has 2 aliphatic rings. The van der Waals surface area contributed by atoms with E-state index in [-0.39, 0.29) is 23.9 Å². The van der Waals surface area contributed by atoms with E-state index in [0.717, 1.165) is 36.2 Å². The van der Waals surface area contributed by atoms with Crippen molar-refractivity contribution in [1.29, 1.82) is 0 Å². The minimum atomic E-state index is -0.530. The maximum Gasteiger partial charge on any atom is 0.414 e. The number of hydrogen-bond donors (Lipinski definition) is 1. The third-order valence-electron chi connectivity index (χ3n) is 6.03. The SMILES string of the molecule is COC(=O)[C@@H]1C[C@H]1c1ccc(NCc2cccc3c2N(C(=O)OC(C)(C)C)CCC3)cc1. The van der Waals surface area contributed by atoms with Crippen LogP contribution < -0.4 is 10.2 Å². The van der Waals surface area contributed by atoms with E-state index in [1.54, 1.807) is 4.90 Å². The van der Waals surface area contributed by atoms with Crippen molar-refractivity contribution < 1.29 is 19.1 Å². The summed E-state index contributed by atoms with van der Waals surface area (Å²) in [5.74, 6) is 0.133. The summed E-state index contributed by atoms with van der Waals surface area (Å²) in [5, 5.41) is 3.48. The van der Waals surface area contributed by atoms with Crippen molar-refractivity contribution in [1.82, 2.24) is 0 Å². The van der Waals surface area contributed by atoms with Crippen LogP contribution in [0.2, 0.25) is 0 Å². The number of rotatable bonds is 5. The number of hydrogen-bond acceptors (Lipinski definition) is 5. The smallest absolute Gasteiger partial charge is 0.414 e. The normalized spacial score (nSPS) is 19.7. The number of ether oxygens (including phenoxy) is 2. The molecule has 2 aromatic rings. The molecule has 1 fully saturated rings. The zero-order valence-electron chi connectivity index (χ0n) is 19.3. The van der Waals surface area contributed by atoms with Crippen molar-refractivity contribution in [3.63, 3.8) is 0 Å². The molecule has 0 saturated heterocycles. The number of carbonyl (C=O) groups excluding carboxylic acids is 2. The third-order valence-corrected chi connectivity index (χ3v) is 6.03. The highest BCUT2D eigenvalue weighted by Crippen LogP contribution is 2.48. The molecule has 1 heterocycles. The van der Waals surface area contributed by atoms with Gasteiger partial charge in [-0.2, -0.15) is 0 Å². The Morgan fingerprint density at radius 1 is 1.12 bits per heavy atom. The Bertz CT molecular complexity index is 994. The fourth-order valence-corrected chi connectivity index (χ4v) is 4.40. The van der Waals surface area contributed by atoms with Crippen molar-refractivity contribution in [3.05, 3.63) is 59.2 Å². The zero-order chi connectivity index (χ0) is 22.9. The van der Waals surface area contributed by atoms with Crippen LogP contribution in [0.15, 0.2) is 42.5 Å². The average molecular weight is 437 g/mol. The number of nitrogens with one attached hydrogen (secondary N) is 1. The number of methoxy groups -OCH3 is 1. The Labute approximate surface area is 189 Å². The first kappa shape index (κ1) is 22.2. The van der Waals surface area contributed by atoms with E-state index < -0.39 is 5.60 Å². The summed E-state index contributed by atoms with van der Waals surface area (Å²) >= 11 is 0. The lowest BCUT2D eigenvalue weighted by atomic mass is 9.97. The van der Waals surface area contributed by atoms with Crippen LogP contribution in [0, 0.1) is 5.92 Å². The van der Waals surface area contributed by atoms with E-state index in [4.69, 9.17) is 9.47 Å². The lowest BCUT2D eigenvalue weighted by molar-refractivity contribution is -0.142. The molecule has 0 unspecified atom stereocenters. The molecule has 0 bridgehead atoms. The second-order valence-electron chi connectivity index (χ2n) is 9.61. The summed E-state index contributed by atoms with van der Waals surface area (Å²) in [7, 11) is 1.44. The fraction of sp³-hybridized carbons (Fsp3) is 0.462. The van der Waals surface area contributed by atoms with Crippen molar-refractivity contribution in [2.24, 2.45) is 5.92 Å². The zero-order valence-corrected chi connectivity index (χ0v) is 19.3. The first-order valence-electron chi connectivity index (χ1n) is 11.3. The number of carbonyl (C=O) groups is 2. The molecule has 170 valence electrons. The number of anilines is 2. The van der Waals surface area contributed by atoms with Gasteiger partial charge in [0, 0.05) is 18.8 Å². The van der Waals surface area contributed by atoms with Gasteiger partial charge in [-0.25, -0.2) is 4.79 Å². The van der Waals surface area contributed by atoms with Gasteiger partial charge < -0.3 is 14.8 Å². The van der Waals surface area contributed by atoms with Gasteiger partial charge in [-0.1, -0.05) is 30.3 Å². The summed E-state index contributed by atoms with van der Waals surface area (Å²) in [6.07, 6.45) is 2.45. The van der Waals surface area contributed by atoms with E-state index >= 15 is 0 Å². The van der Waals surface area contributed by atoms with Crippen molar-refractivity contribution in [2.45, 2.75) is 58.1 Å². The van der Waals surface area contributed by atoms with Crippen LogP contribution in [0.3, 0.4) is 0 Å². The molecule has 2 atom stereocenters. The van der Waals surface area contributed by atoms with Crippen LogP contribution in [0.1, 0.15) is 56.2 Å². The second kappa shape index (κ2) is 8.85. The number of benzene rings is 2. The Morgan fingerprint density at radius 2 is 1.88 bits per heavy atom. The number of fused-ring (bicyclic) bond motifs is 1. The molecule has 1 aliphatic carbocycles.